The molecule has 1 rings (SSSR count). The van der Waals surface area contributed by atoms with Crippen molar-refractivity contribution in [2.24, 2.45) is 10.7 Å². The molecule has 1 atom stereocenters. The molecule has 36 heavy (non-hydrogen) atoms. The van der Waals surface area contributed by atoms with Crippen molar-refractivity contribution in [2.45, 2.75) is 58.1 Å². The number of amides is 4. The number of halogens is 2. The van der Waals surface area contributed by atoms with Gasteiger partial charge in [-0.1, -0.05) is 12.7 Å². The minimum Gasteiger partial charge on any atom is -0.444 e. The Morgan fingerprint density at radius 3 is 2.39 bits per heavy atom. The molecule has 0 aromatic rings. The molecule has 1 heterocycles. The number of rotatable bonds is 8. The van der Waals surface area contributed by atoms with Crippen molar-refractivity contribution >= 4 is 30.2 Å². The zero-order valence-corrected chi connectivity index (χ0v) is 20.6. The maximum absolute atomic E-state index is 13.0. The van der Waals surface area contributed by atoms with Gasteiger partial charge in [0.25, 0.3) is 6.08 Å². The van der Waals surface area contributed by atoms with E-state index in [2.05, 4.69) is 31.7 Å². The van der Waals surface area contributed by atoms with E-state index in [1.165, 1.54) is 11.0 Å². The molecule has 0 spiro atoms. The van der Waals surface area contributed by atoms with Crippen LogP contribution in [0.1, 0.15) is 46.5 Å². The largest absolute Gasteiger partial charge is 0.444 e. The summed E-state index contributed by atoms with van der Waals surface area (Å²) in [6, 6.07) is -1.74. The quantitative estimate of drug-likeness (QED) is 0.146. The fourth-order valence-corrected chi connectivity index (χ4v) is 3.02. The van der Waals surface area contributed by atoms with E-state index in [1.54, 1.807) is 20.8 Å². The first-order valence-electron chi connectivity index (χ1n) is 11.2. The molecule has 12 nitrogen and oxygen atoms in total. The van der Waals surface area contributed by atoms with Gasteiger partial charge in [-0.3, -0.25) is 4.79 Å². The number of carbonyl (C=O) groups excluding carboxylic acids is 4. The number of carbonyl (C=O) groups is 4. The van der Waals surface area contributed by atoms with Crippen molar-refractivity contribution in [2.75, 3.05) is 26.2 Å². The number of aliphatic imine (C=N–C) groups is 1. The third-order valence-electron chi connectivity index (χ3n) is 4.60. The molecule has 1 fully saturated rings. The molecule has 14 heteroatoms. The van der Waals surface area contributed by atoms with Crippen LogP contribution in [0.3, 0.4) is 0 Å². The first-order chi connectivity index (χ1) is 16.8. The van der Waals surface area contributed by atoms with Gasteiger partial charge in [-0.15, -0.1) is 4.99 Å². The van der Waals surface area contributed by atoms with Crippen LogP contribution in [0.4, 0.5) is 23.2 Å². The zero-order valence-electron chi connectivity index (χ0n) is 20.6. The highest BCUT2D eigenvalue weighted by molar-refractivity contribution is 5.91. The highest BCUT2D eigenvalue weighted by Gasteiger charge is 2.30. The summed E-state index contributed by atoms with van der Waals surface area (Å²) in [6.45, 7) is 8.46. The Morgan fingerprint density at radius 2 is 1.83 bits per heavy atom. The highest BCUT2D eigenvalue weighted by Crippen LogP contribution is 2.22. The number of nitrogens with one attached hydrogen (secondary N) is 2. The minimum absolute atomic E-state index is 0.00944. The van der Waals surface area contributed by atoms with E-state index in [-0.39, 0.29) is 57.5 Å². The molecule has 0 aromatic carbocycles. The molecule has 0 aliphatic carbocycles. The van der Waals surface area contributed by atoms with Crippen LogP contribution in [-0.4, -0.2) is 73.0 Å². The van der Waals surface area contributed by atoms with E-state index < -0.39 is 47.9 Å². The summed E-state index contributed by atoms with van der Waals surface area (Å²) in [5, 5.41) is 4.87. The zero-order chi connectivity index (χ0) is 27.3. The number of hydrogen-bond acceptors (Lipinski definition) is 7. The Morgan fingerprint density at radius 1 is 1.19 bits per heavy atom. The lowest BCUT2D eigenvalue weighted by Crippen LogP contribution is -2.51. The second-order valence-corrected chi connectivity index (χ2v) is 8.66. The van der Waals surface area contributed by atoms with Gasteiger partial charge in [0, 0.05) is 19.6 Å². The third kappa shape index (κ3) is 12.1. The second kappa shape index (κ2) is 14.6. The van der Waals surface area contributed by atoms with Crippen LogP contribution in [-0.2, 0) is 19.0 Å². The Hall–Kier alpha value is -3.71. The Balaban J connectivity index is 2.65. The molecule has 1 aliphatic rings. The number of nitrogens with zero attached hydrogens (tertiary/aromatic N) is 2. The second-order valence-electron chi connectivity index (χ2n) is 8.66. The van der Waals surface area contributed by atoms with Crippen LogP contribution >= 0.6 is 0 Å². The van der Waals surface area contributed by atoms with Gasteiger partial charge in [-0.2, -0.15) is 8.78 Å². The van der Waals surface area contributed by atoms with E-state index in [4.69, 9.17) is 10.5 Å². The molecule has 4 N–H and O–H groups in total. The Labute approximate surface area is 207 Å². The summed E-state index contributed by atoms with van der Waals surface area (Å²) in [6.07, 6.45) is -2.88. The third-order valence-corrected chi connectivity index (χ3v) is 4.60. The van der Waals surface area contributed by atoms with E-state index in [0.29, 0.717) is 0 Å². The van der Waals surface area contributed by atoms with E-state index >= 15 is 0 Å². The SMILES string of the molecule is C=CCOC(=O)N=C(N)OC(=O)NCCCC(NC(=O)OC(C)(C)C)C(=O)N1CCC(=C(F)F)CC1. The van der Waals surface area contributed by atoms with Crippen molar-refractivity contribution in [3.05, 3.63) is 24.3 Å². The van der Waals surface area contributed by atoms with Crippen molar-refractivity contribution in [1.29, 1.82) is 0 Å². The lowest BCUT2D eigenvalue weighted by molar-refractivity contribution is -0.134. The number of piperidine rings is 1. The Bertz CT molecular complexity index is 873. The minimum atomic E-state index is -1.73. The predicted octanol–water partition coefficient (Wildman–Crippen LogP) is 2.80. The van der Waals surface area contributed by atoms with E-state index in [9.17, 15) is 28.0 Å². The van der Waals surface area contributed by atoms with Gasteiger partial charge in [-0.25, -0.2) is 14.4 Å². The molecular formula is C22H33F2N5O7. The maximum Gasteiger partial charge on any atom is 0.438 e. The molecule has 0 radical (unpaired) electrons. The number of ether oxygens (including phenoxy) is 3. The van der Waals surface area contributed by atoms with Gasteiger partial charge in [0.05, 0.1) is 0 Å². The molecule has 1 saturated heterocycles. The van der Waals surface area contributed by atoms with Gasteiger partial charge in [0.15, 0.2) is 0 Å². The normalized spacial score (nSPS) is 14.9. The highest BCUT2D eigenvalue weighted by atomic mass is 19.3. The van der Waals surface area contributed by atoms with Crippen LogP contribution < -0.4 is 16.4 Å². The first-order valence-corrected chi connectivity index (χ1v) is 11.2. The lowest BCUT2D eigenvalue weighted by Gasteiger charge is -2.32. The predicted molar refractivity (Wildman–Crippen MR) is 125 cm³/mol. The average Bonchev–Trinajstić information content (AvgIpc) is 2.77. The number of nitrogens with two attached hydrogens (primary N) is 1. The van der Waals surface area contributed by atoms with Crippen LogP contribution in [0.15, 0.2) is 29.3 Å². The number of hydrogen-bond donors (Lipinski definition) is 3. The maximum atomic E-state index is 13.0. The summed E-state index contributed by atoms with van der Waals surface area (Å²) >= 11 is 0. The molecule has 4 amide bonds. The number of amidine groups is 1. The molecular weight excluding hydrogens is 484 g/mol. The summed E-state index contributed by atoms with van der Waals surface area (Å²) in [5.74, 6) is -0.448. The molecule has 202 valence electrons. The van der Waals surface area contributed by atoms with Crippen LogP contribution in [0.2, 0.25) is 0 Å². The van der Waals surface area contributed by atoms with Gasteiger partial charge >= 0.3 is 24.3 Å². The van der Waals surface area contributed by atoms with Crippen molar-refractivity contribution in [1.82, 2.24) is 15.5 Å². The van der Waals surface area contributed by atoms with Gasteiger partial charge in [0.2, 0.25) is 5.91 Å². The fourth-order valence-electron chi connectivity index (χ4n) is 3.02. The monoisotopic (exact) mass is 517 g/mol. The van der Waals surface area contributed by atoms with E-state index in [1.807, 2.05) is 0 Å². The lowest BCUT2D eigenvalue weighted by atomic mass is 10.0. The van der Waals surface area contributed by atoms with Gasteiger partial charge < -0.3 is 35.5 Å². The topological polar surface area (TPSA) is 162 Å². The van der Waals surface area contributed by atoms with Crippen LogP contribution in [0.5, 0.6) is 0 Å². The fraction of sp³-hybridized carbons (Fsp3) is 0.591. The van der Waals surface area contributed by atoms with Crippen molar-refractivity contribution in [3.63, 3.8) is 0 Å². The summed E-state index contributed by atoms with van der Waals surface area (Å²) < 4.78 is 40.0. The standard InChI is InChI=1S/C22H33F2N5O7/c1-5-13-34-20(32)28-18(25)35-19(31)26-10-6-7-15(27-21(33)36-22(2,3)4)17(30)29-11-8-14(9-12-29)16(23)24/h5,15H,1,6-13H2,2-4H3,(H,26,31)(H,27,33)(H2,25,28,32). The van der Waals surface area contributed by atoms with Gasteiger partial charge in [0.1, 0.15) is 18.2 Å². The first kappa shape index (κ1) is 30.3. The van der Waals surface area contributed by atoms with Crippen LogP contribution in [0.25, 0.3) is 0 Å². The summed E-state index contributed by atoms with van der Waals surface area (Å²) in [7, 11) is 0. The Kier molecular flexibility index (Phi) is 12.3. The van der Waals surface area contributed by atoms with Crippen LogP contribution in [0, 0.1) is 0 Å². The van der Waals surface area contributed by atoms with E-state index in [0.717, 1.165) is 0 Å². The molecule has 0 saturated carbocycles. The van der Waals surface area contributed by atoms with Crippen molar-refractivity contribution in [3.8, 4) is 0 Å². The number of likely N-dealkylation sites (tertiary alicyclic amines) is 1. The average molecular weight is 518 g/mol. The van der Waals surface area contributed by atoms with Gasteiger partial charge in [-0.05, 0) is 52.0 Å². The molecule has 1 unspecified atom stereocenters. The molecule has 0 bridgehead atoms. The van der Waals surface area contributed by atoms with Crippen molar-refractivity contribution < 1.29 is 42.2 Å². The molecule has 0 aromatic heterocycles. The summed E-state index contributed by atoms with van der Waals surface area (Å²) in [4.78, 5) is 52.9. The molecule has 1 aliphatic heterocycles. The summed E-state index contributed by atoms with van der Waals surface area (Å²) in [5.41, 5.74) is 4.54. The smallest absolute Gasteiger partial charge is 0.438 e. The number of alkyl carbamates (subject to hydrolysis) is 2.